The quantitative estimate of drug-likeness (QED) is 0.732. The highest BCUT2D eigenvalue weighted by molar-refractivity contribution is 5.84. The number of nitrogens with zero attached hydrogens (tertiary/aromatic N) is 4. The number of aromatic nitrogens is 4. The van der Waals surface area contributed by atoms with E-state index in [2.05, 4.69) is 46.4 Å². The molecule has 3 heterocycles. The zero-order valence-corrected chi connectivity index (χ0v) is 16.8. The predicted octanol–water partition coefficient (Wildman–Crippen LogP) is 3.23. The Morgan fingerprint density at radius 1 is 1.33 bits per heavy atom. The van der Waals surface area contributed by atoms with Crippen molar-refractivity contribution in [2.45, 2.75) is 58.8 Å². The first-order chi connectivity index (χ1) is 12.9. The van der Waals surface area contributed by atoms with Crippen LogP contribution >= 0.6 is 0 Å². The van der Waals surface area contributed by atoms with Crippen molar-refractivity contribution in [3.63, 3.8) is 0 Å². The summed E-state index contributed by atoms with van der Waals surface area (Å²) in [5.74, 6) is 2.27. The van der Waals surface area contributed by atoms with E-state index in [0.717, 1.165) is 24.0 Å². The monoisotopic (exact) mass is 374 g/mol. The second kappa shape index (κ2) is 8.21. The summed E-state index contributed by atoms with van der Waals surface area (Å²) < 4.78 is 8.28. The number of nitrogens with one attached hydrogen (secondary N) is 2. The van der Waals surface area contributed by atoms with Crippen LogP contribution in [0.3, 0.4) is 0 Å². The standard InChI is InChI=1S/C19H30N6O2/c1-11(2)8-13(26)6-7-14-9-12(3)18(27-14)25-10-22-15-16(20-4)23-19(21-5)24-17(15)25/h10-12,14,18H,6-9H2,1-5H3,(H2,20,21,23,24). The lowest BCUT2D eigenvalue weighted by Crippen LogP contribution is -2.15. The van der Waals surface area contributed by atoms with Crippen LogP contribution in [0.2, 0.25) is 0 Å². The third kappa shape index (κ3) is 4.21. The van der Waals surface area contributed by atoms with Crippen molar-refractivity contribution in [2.24, 2.45) is 11.8 Å². The second-order valence-electron chi connectivity index (χ2n) is 7.76. The van der Waals surface area contributed by atoms with Crippen LogP contribution < -0.4 is 10.6 Å². The summed E-state index contributed by atoms with van der Waals surface area (Å²) in [4.78, 5) is 25.5. The minimum absolute atomic E-state index is 0.0907. The maximum absolute atomic E-state index is 12.0. The summed E-state index contributed by atoms with van der Waals surface area (Å²) in [5, 5.41) is 6.06. The zero-order chi connectivity index (χ0) is 19.6. The molecule has 2 aromatic heterocycles. The van der Waals surface area contributed by atoms with E-state index in [1.165, 1.54) is 0 Å². The van der Waals surface area contributed by atoms with Crippen molar-refractivity contribution >= 4 is 28.7 Å². The number of imidazole rings is 1. The van der Waals surface area contributed by atoms with Crippen molar-refractivity contribution in [1.29, 1.82) is 0 Å². The molecular formula is C19H30N6O2. The second-order valence-corrected chi connectivity index (χ2v) is 7.76. The van der Waals surface area contributed by atoms with Crippen LogP contribution in [-0.4, -0.2) is 45.5 Å². The molecule has 27 heavy (non-hydrogen) atoms. The van der Waals surface area contributed by atoms with Gasteiger partial charge in [0.2, 0.25) is 5.95 Å². The third-order valence-electron chi connectivity index (χ3n) is 4.99. The first-order valence-electron chi connectivity index (χ1n) is 9.70. The maximum Gasteiger partial charge on any atom is 0.226 e. The summed E-state index contributed by atoms with van der Waals surface area (Å²) in [6.07, 6.45) is 4.67. The molecule has 148 valence electrons. The van der Waals surface area contributed by atoms with Gasteiger partial charge in [0.15, 0.2) is 17.0 Å². The molecule has 3 atom stereocenters. The minimum Gasteiger partial charge on any atom is -0.371 e. The third-order valence-corrected chi connectivity index (χ3v) is 4.99. The SMILES string of the molecule is CNc1nc(NC)c2ncn(C3OC(CCC(=O)CC(C)C)CC3C)c2n1. The van der Waals surface area contributed by atoms with Gasteiger partial charge in [-0.2, -0.15) is 9.97 Å². The van der Waals surface area contributed by atoms with Crippen molar-refractivity contribution in [2.75, 3.05) is 24.7 Å². The van der Waals surface area contributed by atoms with Crippen molar-refractivity contribution in [3.8, 4) is 0 Å². The molecule has 1 aliphatic rings. The number of carbonyl (C=O) groups is 1. The van der Waals surface area contributed by atoms with E-state index < -0.39 is 0 Å². The van der Waals surface area contributed by atoms with Crippen LogP contribution in [0.4, 0.5) is 11.8 Å². The molecule has 1 fully saturated rings. The molecule has 0 aliphatic carbocycles. The van der Waals surface area contributed by atoms with Gasteiger partial charge in [0.1, 0.15) is 12.0 Å². The number of carbonyl (C=O) groups excluding carboxylic acids is 1. The number of ketones is 1. The number of anilines is 2. The highest BCUT2D eigenvalue weighted by atomic mass is 16.5. The Kier molecular flexibility index (Phi) is 5.94. The maximum atomic E-state index is 12.0. The normalized spacial score (nSPS) is 22.5. The summed E-state index contributed by atoms with van der Waals surface area (Å²) in [7, 11) is 3.61. The smallest absolute Gasteiger partial charge is 0.226 e. The Labute approximate surface area is 160 Å². The number of hydrogen-bond acceptors (Lipinski definition) is 7. The fourth-order valence-electron chi connectivity index (χ4n) is 3.71. The lowest BCUT2D eigenvalue weighted by atomic mass is 9.99. The zero-order valence-electron chi connectivity index (χ0n) is 16.8. The molecule has 2 aromatic rings. The Bertz CT molecular complexity index is 803. The Balaban J connectivity index is 1.76. The van der Waals surface area contributed by atoms with Crippen LogP contribution in [0, 0.1) is 11.8 Å². The van der Waals surface area contributed by atoms with E-state index in [1.54, 1.807) is 13.4 Å². The molecule has 1 aliphatic heterocycles. The van der Waals surface area contributed by atoms with E-state index in [0.29, 0.717) is 42.2 Å². The highest BCUT2D eigenvalue weighted by Gasteiger charge is 2.34. The molecule has 2 N–H and O–H groups in total. The first kappa shape index (κ1) is 19.5. The number of rotatable bonds is 8. The predicted molar refractivity (Wildman–Crippen MR) is 106 cm³/mol. The number of ether oxygens (including phenoxy) is 1. The molecule has 8 heteroatoms. The van der Waals surface area contributed by atoms with Crippen LogP contribution in [0.25, 0.3) is 11.2 Å². The molecule has 3 rings (SSSR count). The van der Waals surface area contributed by atoms with Gasteiger partial charge in [-0.05, 0) is 18.8 Å². The Morgan fingerprint density at radius 2 is 2.11 bits per heavy atom. The van der Waals surface area contributed by atoms with Crippen LogP contribution in [0.5, 0.6) is 0 Å². The average molecular weight is 374 g/mol. The van der Waals surface area contributed by atoms with Crippen LogP contribution in [-0.2, 0) is 9.53 Å². The van der Waals surface area contributed by atoms with Gasteiger partial charge in [0, 0.05) is 32.9 Å². The molecule has 0 bridgehead atoms. The number of hydrogen-bond donors (Lipinski definition) is 2. The highest BCUT2D eigenvalue weighted by Crippen LogP contribution is 2.38. The molecule has 3 unspecified atom stereocenters. The number of Topliss-reactive ketones (excluding diaryl/α,β-unsaturated/α-hetero) is 1. The van der Waals surface area contributed by atoms with Crippen LogP contribution in [0.1, 0.15) is 52.7 Å². The molecule has 0 radical (unpaired) electrons. The van der Waals surface area contributed by atoms with Crippen molar-refractivity contribution < 1.29 is 9.53 Å². The summed E-state index contributed by atoms with van der Waals surface area (Å²) >= 11 is 0. The van der Waals surface area contributed by atoms with Crippen LogP contribution in [0.15, 0.2) is 6.33 Å². The topological polar surface area (TPSA) is 94.0 Å². The van der Waals surface area contributed by atoms with Gasteiger partial charge >= 0.3 is 0 Å². The van der Waals surface area contributed by atoms with Crippen molar-refractivity contribution in [3.05, 3.63) is 6.33 Å². The Hall–Kier alpha value is -2.22. The fourth-order valence-corrected chi connectivity index (χ4v) is 3.71. The van der Waals surface area contributed by atoms with Gasteiger partial charge in [-0.1, -0.05) is 20.8 Å². The lowest BCUT2D eigenvalue weighted by Gasteiger charge is -2.18. The lowest BCUT2D eigenvalue weighted by molar-refractivity contribution is -0.120. The van der Waals surface area contributed by atoms with Gasteiger partial charge in [0.05, 0.1) is 12.4 Å². The molecule has 0 saturated carbocycles. The van der Waals surface area contributed by atoms with Crippen molar-refractivity contribution in [1.82, 2.24) is 19.5 Å². The van der Waals surface area contributed by atoms with Gasteiger partial charge in [-0.25, -0.2) is 4.98 Å². The molecule has 0 amide bonds. The van der Waals surface area contributed by atoms with E-state index in [1.807, 2.05) is 11.6 Å². The molecule has 1 saturated heterocycles. The van der Waals surface area contributed by atoms with E-state index >= 15 is 0 Å². The largest absolute Gasteiger partial charge is 0.371 e. The average Bonchev–Trinajstić information content (AvgIpc) is 3.21. The Morgan fingerprint density at radius 3 is 2.78 bits per heavy atom. The van der Waals surface area contributed by atoms with Gasteiger partial charge in [-0.15, -0.1) is 0 Å². The van der Waals surface area contributed by atoms with E-state index in [9.17, 15) is 4.79 Å². The molecular weight excluding hydrogens is 344 g/mol. The van der Waals surface area contributed by atoms with E-state index in [-0.39, 0.29) is 12.3 Å². The minimum atomic E-state index is -0.135. The summed E-state index contributed by atoms with van der Waals surface area (Å²) in [6, 6.07) is 0. The number of fused-ring (bicyclic) bond motifs is 1. The molecule has 0 aromatic carbocycles. The fraction of sp³-hybridized carbons (Fsp3) is 0.684. The first-order valence-corrected chi connectivity index (χ1v) is 9.70. The van der Waals surface area contributed by atoms with E-state index in [4.69, 9.17) is 4.74 Å². The summed E-state index contributed by atoms with van der Waals surface area (Å²) in [5.41, 5.74) is 1.47. The molecule has 0 spiro atoms. The van der Waals surface area contributed by atoms with Gasteiger partial charge in [-0.3, -0.25) is 9.36 Å². The molecule has 8 nitrogen and oxygen atoms in total. The summed E-state index contributed by atoms with van der Waals surface area (Å²) in [6.45, 7) is 6.32. The van der Waals surface area contributed by atoms with Gasteiger partial charge in [0.25, 0.3) is 0 Å². The van der Waals surface area contributed by atoms with Gasteiger partial charge < -0.3 is 15.4 Å².